The van der Waals surface area contributed by atoms with Gasteiger partial charge in [0.2, 0.25) is 0 Å². The number of rotatable bonds is 4. The summed E-state index contributed by atoms with van der Waals surface area (Å²) < 4.78 is 0. The molecule has 1 saturated heterocycles. The van der Waals surface area contributed by atoms with Gasteiger partial charge < -0.3 is 0 Å². The molecule has 0 aliphatic carbocycles. The average Bonchev–Trinajstić information content (AvgIpc) is 2.86. The Morgan fingerprint density at radius 2 is 0.750 bits per heavy atom. The van der Waals surface area contributed by atoms with Gasteiger partial charge in [-0.05, 0) is 59.4 Å². The molecular weight excluding hydrogens is 439 g/mol. The third-order valence-corrected chi connectivity index (χ3v) is 6.76. The fraction of sp³-hybridized carbons (Fsp3) is 0.143. The quantitative estimate of drug-likeness (QED) is 0.288. The molecule has 2 nitrogen and oxygen atoms in total. The van der Waals surface area contributed by atoms with Crippen LogP contribution < -0.4 is 0 Å². The van der Waals surface area contributed by atoms with E-state index in [1.165, 1.54) is 0 Å². The summed E-state index contributed by atoms with van der Waals surface area (Å²) in [5, 5.41) is 1.38. The summed E-state index contributed by atoms with van der Waals surface area (Å²) in [5.74, 6) is 0. The van der Waals surface area contributed by atoms with Crippen LogP contribution in [0.3, 0.4) is 0 Å². The maximum atomic E-state index is 6.46. The molecule has 0 aromatic heterocycles. The van der Waals surface area contributed by atoms with Crippen molar-refractivity contribution in [2.24, 2.45) is 0 Å². The van der Waals surface area contributed by atoms with Crippen molar-refractivity contribution in [2.75, 3.05) is 0 Å². The normalized spacial score (nSPS) is 23.1. The van der Waals surface area contributed by atoms with Crippen LogP contribution in [-0.4, -0.2) is 0 Å². The van der Waals surface area contributed by atoms with Gasteiger partial charge in [-0.3, -0.25) is 0 Å². The van der Waals surface area contributed by atoms with Gasteiger partial charge in [-0.2, -0.15) is 0 Å². The minimum atomic E-state index is -0.740. The molecule has 0 radical (unpaired) electrons. The highest BCUT2D eigenvalue weighted by molar-refractivity contribution is 6.30. The molecule has 0 spiro atoms. The maximum Gasteiger partial charge on any atom is 0.154 e. The second-order valence-corrected chi connectivity index (χ2v) is 8.94. The van der Waals surface area contributed by atoms with E-state index in [-0.39, 0.29) is 0 Å². The molecule has 0 bridgehead atoms. The fourth-order valence-electron chi connectivity index (χ4n) is 4.53. The van der Waals surface area contributed by atoms with Gasteiger partial charge in [0.1, 0.15) is 0 Å². The van der Waals surface area contributed by atoms with Gasteiger partial charge in [0, 0.05) is 10.0 Å². The standard InChI is InChI=1S/C28H22Cl2O2/c29-25-15-11-23(12-16-25)27(21-7-3-1-4-8-21)19-20-28(32-31-27,22-9-5-2-6-10-22)24-13-17-26(30)18-14-24/h1-18H,19-20H2. The van der Waals surface area contributed by atoms with Gasteiger partial charge >= 0.3 is 0 Å². The van der Waals surface area contributed by atoms with Crippen molar-refractivity contribution in [2.45, 2.75) is 24.0 Å². The highest BCUT2D eigenvalue weighted by Crippen LogP contribution is 2.51. The zero-order valence-corrected chi connectivity index (χ0v) is 18.9. The monoisotopic (exact) mass is 460 g/mol. The van der Waals surface area contributed by atoms with Gasteiger partial charge in [0.05, 0.1) is 0 Å². The number of benzene rings is 4. The first-order valence-electron chi connectivity index (χ1n) is 10.6. The van der Waals surface area contributed by atoms with E-state index in [0.29, 0.717) is 10.0 Å². The molecule has 4 aromatic carbocycles. The van der Waals surface area contributed by atoms with Crippen LogP contribution in [0.15, 0.2) is 109 Å². The van der Waals surface area contributed by atoms with Gasteiger partial charge in [0.25, 0.3) is 0 Å². The smallest absolute Gasteiger partial charge is 0.154 e. The Kier molecular flexibility index (Phi) is 5.79. The van der Waals surface area contributed by atoms with Crippen molar-refractivity contribution >= 4 is 23.2 Å². The zero-order valence-electron chi connectivity index (χ0n) is 17.4. The van der Waals surface area contributed by atoms with Crippen LogP contribution in [0.4, 0.5) is 0 Å². The lowest BCUT2D eigenvalue weighted by Crippen LogP contribution is -2.45. The van der Waals surface area contributed by atoms with Gasteiger partial charge in [-0.15, -0.1) is 0 Å². The lowest BCUT2D eigenvalue weighted by atomic mass is 9.75. The van der Waals surface area contributed by atoms with Crippen LogP contribution in [-0.2, 0) is 21.0 Å². The molecule has 1 aliphatic heterocycles. The second kappa shape index (κ2) is 8.73. The topological polar surface area (TPSA) is 18.5 Å². The van der Waals surface area contributed by atoms with E-state index in [9.17, 15) is 0 Å². The molecule has 1 heterocycles. The Labute approximate surface area is 198 Å². The Hall–Kier alpha value is -2.62. The molecule has 1 aliphatic rings. The summed E-state index contributed by atoms with van der Waals surface area (Å²) in [6.07, 6.45) is 1.44. The first-order valence-corrected chi connectivity index (χ1v) is 11.4. The molecule has 5 rings (SSSR count). The summed E-state index contributed by atoms with van der Waals surface area (Å²) in [6.45, 7) is 0. The molecule has 4 aromatic rings. The van der Waals surface area contributed by atoms with Gasteiger partial charge in [0.15, 0.2) is 11.2 Å². The predicted molar refractivity (Wildman–Crippen MR) is 129 cm³/mol. The van der Waals surface area contributed by atoms with E-state index in [1.54, 1.807) is 0 Å². The third-order valence-electron chi connectivity index (χ3n) is 6.26. The number of hydrogen-bond donors (Lipinski definition) is 0. The van der Waals surface area contributed by atoms with Crippen molar-refractivity contribution < 1.29 is 9.78 Å². The van der Waals surface area contributed by atoms with Crippen LogP contribution >= 0.6 is 23.2 Å². The molecule has 160 valence electrons. The summed E-state index contributed by atoms with van der Waals surface area (Å²) in [5.41, 5.74) is 2.62. The largest absolute Gasteiger partial charge is 0.219 e. The van der Waals surface area contributed by atoms with E-state index in [1.807, 2.05) is 84.9 Å². The van der Waals surface area contributed by atoms with Crippen molar-refractivity contribution in [1.82, 2.24) is 0 Å². The zero-order chi connectivity index (χ0) is 22.0. The molecule has 32 heavy (non-hydrogen) atoms. The Balaban J connectivity index is 1.61. The van der Waals surface area contributed by atoms with Crippen LogP contribution in [0, 0.1) is 0 Å². The number of hydrogen-bond acceptors (Lipinski definition) is 2. The number of halogens is 2. The summed E-state index contributed by atoms with van der Waals surface area (Å²) in [6, 6.07) is 36.0. The van der Waals surface area contributed by atoms with Gasteiger partial charge in [-0.1, -0.05) is 108 Å². The third kappa shape index (κ3) is 3.74. The predicted octanol–water partition coefficient (Wildman–Crippen LogP) is 7.92. The van der Waals surface area contributed by atoms with Crippen molar-refractivity contribution in [1.29, 1.82) is 0 Å². The van der Waals surface area contributed by atoms with Crippen LogP contribution in [0.25, 0.3) is 0 Å². The minimum Gasteiger partial charge on any atom is -0.219 e. The maximum absolute atomic E-state index is 6.46. The van der Waals surface area contributed by atoms with Crippen LogP contribution in [0.5, 0.6) is 0 Å². The highest BCUT2D eigenvalue weighted by Gasteiger charge is 2.49. The average molecular weight is 461 g/mol. The molecular formula is C28H22Cl2O2. The van der Waals surface area contributed by atoms with Gasteiger partial charge in [-0.25, -0.2) is 9.78 Å². The molecule has 0 saturated carbocycles. The van der Waals surface area contributed by atoms with E-state index in [4.69, 9.17) is 33.0 Å². The van der Waals surface area contributed by atoms with Crippen molar-refractivity contribution in [3.63, 3.8) is 0 Å². The fourth-order valence-corrected chi connectivity index (χ4v) is 4.79. The lowest BCUT2D eigenvalue weighted by molar-refractivity contribution is -0.432. The summed E-state index contributed by atoms with van der Waals surface area (Å²) in [7, 11) is 0. The highest BCUT2D eigenvalue weighted by atomic mass is 35.5. The molecule has 2 atom stereocenters. The Bertz CT molecular complexity index is 1070. The van der Waals surface area contributed by atoms with Crippen LogP contribution in [0.1, 0.15) is 35.1 Å². The second-order valence-electron chi connectivity index (χ2n) is 8.07. The molecule has 1 fully saturated rings. The minimum absolute atomic E-state index is 0.688. The molecule has 2 unspecified atom stereocenters. The molecule has 0 amide bonds. The Morgan fingerprint density at radius 1 is 0.438 bits per heavy atom. The first kappa shape index (κ1) is 21.2. The van der Waals surface area contributed by atoms with E-state index in [2.05, 4.69) is 24.3 Å². The first-order chi connectivity index (χ1) is 15.6. The summed E-state index contributed by atoms with van der Waals surface area (Å²) >= 11 is 12.4. The SMILES string of the molecule is Clc1ccc(C2(c3ccccc3)CCC(c3ccccc3)(c3ccc(Cl)cc3)OO2)cc1. The van der Waals surface area contributed by atoms with Crippen molar-refractivity contribution in [3.05, 3.63) is 141 Å². The summed E-state index contributed by atoms with van der Waals surface area (Å²) in [4.78, 5) is 12.9. The van der Waals surface area contributed by atoms with E-state index >= 15 is 0 Å². The Morgan fingerprint density at radius 3 is 1.06 bits per heavy atom. The molecule has 0 N–H and O–H groups in total. The van der Waals surface area contributed by atoms with E-state index < -0.39 is 11.2 Å². The lowest BCUT2D eigenvalue weighted by Gasteiger charge is -2.46. The van der Waals surface area contributed by atoms with Crippen molar-refractivity contribution in [3.8, 4) is 0 Å². The molecule has 4 heteroatoms. The van der Waals surface area contributed by atoms with E-state index in [0.717, 1.165) is 35.1 Å². The van der Waals surface area contributed by atoms with Crippen LogP contribution in [0.2, 0.25) is 10.0 Å².